The minimum atomic E-state index is -0.428. The number of carbonyl (C=O) groups is 1. The Labute approximate surface area is 196 Å². The first-order chi connectivity index (χ1) is 15.9. The van der Waals surface area contributed by atoms with E-state index in [0.717, 1.165) is 6.67 Å². The summed E-state index contributed by atoms with van der Waals surface area (Å²) in [6.45, 7) is 6.56. The molecule has 2 aliphatic heterocycles. The van der Waals surface area contributed by atoms with Crippen molar-refractivity contribution in [3.05, 3.63) is 66.1 Å². The molecule has 2 heterocycles. The van der Waals surface area contributed by atoms with Crippen LogP contribution in [0.25, 0.3) is 0 Å². The first-order valence-electron chi connectivity index (χ1n) is 11.1. The Morgan fingerprint density at radius 3 is 2.79 bits per heavy atom. The highest BCUT2D eigenvalue weighted by Crippen LogP contribution is 2.26. The van der Waals surface area contributed by atoms with Crippen molar-refractivity contribution in [2.45, 2.75) is 18.6 Å². The maximum absolute atomic E-state index is 13.4. The number of carbonyl (C=O) groups excluding carboxylic acids is 1. The van der Waals surface area contributed by atoms with Crippen molar-refractivity contribution >= 4 is 12.1 Å². The molecule has 0 radical (unpaired) electrons. The number of hydrogen-bond acceptors (Lipinski definition) is 7. The second-order valence-corrected chi connectivity index (χ2v) is 8.58. The summed E-state index contributed by atoms with van der Waals surface area (Å²) in [6, 6.07) is 9.40. The average molecular weight is 455 g/mol. The van der Waals surface area contributed by atoms with E-state index in [1.807, 2.05) is 51.5 Å². The quantitative estimate of drug-likeness (QED) is 0.608. The van der Waals surface area contributed by atoms with Crippen molar-refractivity contribution in [1.82, 2.24) is 14.7 Å². The molecule has 1 aromatic rings. The normalized spacial score (nSPS) is 22.7. The summed E-state index contributed by atoms with van der Waals surface area (Å²) < 4.78 is 11.9. The fraction of sp³-hybridized carbons (Fsp3) is 0.440. The van der Waals surface area contributed by atoms with Crippen LogP contribution in [0.3, 0.4) is 0 Å². The number of aliphatic hydroxyl groups is 1. The molecule has 1 saturated heterocycles. The van der Waals surface area contributed by atoms with Crippen molar-refractivity contribution in [3.8, 4) is 5.75 Å². The molecule has 1 aromatic carbocycles. The molecule has 0 saturated carbocycles. The van der Waals surface area contributed by atoms with Crippen LogP contribution >= 0.6 is 0 Å². The van der Waals surface area contributed by atoms with Crippen LogP contribution < -0.4 is 4.74 Å². The molecular formula is C25H34N4O4. The van der Waals surface area contributed by atoms with Crippen LogP contribution in [0, 0.1) is 0 Å². The average Bonchev–Trinajstić information content (AvgIpc) is 2.93. The molecule has 0 aromatic heterocycles. The number of amides is 1. The molecular weight excluding hydrogens is 420 g/mol. The van der Waals surface area contributed by atoms with E-state index in [4.69, 9.17) is 9.47 Å². The number of ether oxygens (including phenoxy) is 2. The SMILES string of the molecule is C=C/C=C1\C[C@@H](Oc2ccccc2)C=NC(C(=O)N2CCOC(CN(C)CN(C)C)C2)=C1O. The summed E-state index contributed by atoms with van der Waals surface area (Å²) >= 11 is 0. The van der Waals surface area contributed by atoms with E-state index in [1.54, 1.807) is 23.3 Å². The maximum Gasteiger partial charge on any atom is 0.276 e. The highest BCUT2D eigenvalue weighted by molar-refractivity contribution is 5.96. The first kappa shape index (κ1) is 24.7. The Kier molecular flexibility index (Phi) is 8.82. The second-order valence-electron chi connectivity index (χ2n) is 8.58. The summed E-state index contributed by atoms with van der Waals surface area (Å²) in [4.78, 5) is 23.7. The third-order valence-electron chi connectivity index (χ3n) is 5.34. The van der Waals surface area contributed by atoms with Gasteiger partial charge in [0.15, 0.2) is 5.70 Å². The number of hydrogen-bond donors (Lipinski definition) is 1. The molecule has 0 spiro atoms. The Balaban J connectivity index is 1.75. The Bertz CT molecular complexity index is 910. The summed E-state index contributed by atoms with van der Waals surface area (Å²) in [5.41, 5.74) is 0.576. The number of allylic oxidation sites excluding steroid dienone is 3. The molecule has 8 heteroatoms. The van der Waals surface area contributed by atoms with E-state index >= 15 is 0 Å². The van der Waals surface area contributed by atoms with Crippen molar-refractivity contribution in [2.75, 3.05) is 54.1 Å². The molecule has 1 fully saturated rings. The number of rotatable bonds is 8. The minimum absolute atomic E-state index is 0.0181. The standard InChI is InChI=1S/C25H34N4O4/c1-5-9-19-14-21(33-20-10-7-6-8-11-20)15-26-23(24(19)30)25(31)29-12-13-32-22(17-29)16-28(4)18-27(2)3/h5-11,15,21-22,30H,1,12-14,16-18H2,2-4H3/b19-9+/t21-,22?/m1/s1. The molecule has 1 unspecified atom stereocenters. The van der Waals surface area contributed by atoms with Crippen molar-refractivity contribution in [1.29, 1.82) is 0 Å². The summed E-state index contributed by atoms with van der Waals surface area (Å²) in [6.07, 6.45) is 4.70. The molecule has 0 bridgehead atoms. The molecule has 8 nitrogen and oxygen atoms in total. The lowest BCUT2D eigenvalue weighted by molar-refractivity contribution is -0.135. The number of aliphatic imine (C=N–C) groups is 1. The molecule has 2 atom stereocenters. The lowest BCUT2D eigenvalue weighted by Gasteiger charge is -2.35. The molecule has 0 aliphatic carbocycles. The summed E-state index contributed by atoms with van der Waals surface area (Å²) in [7, 11) is 6.04. The van der Waals surface area contributed by atoms with Gasteiger partial charge in [-0.15, -0.1) is 0 Å². The van der Waals surface area contributed by atoms with Crippen LogP contribution in [0.5, 0.6) is 5.75 Å². The van der Waals surface area contributed by atoms with Gasteiger partial charge in [-0.1, -0.05) is 36.9 Å². The molecule has 33 heavy (non-hydrogen) atoms. The van der Waals surface area contributed by atoms with Gasteiger partial charge in [-0.25, -0.2) is 4.99 Å². The lowest BCUT2D eigenvalue weighted by atomic mass is 10.1. The number of likely N-dealkylation sites (N-methyl/N-ethyl adjacent to an activating group) is 1. The third kappa shape index (κ3) is 7.02. The topological polar surface area (TPSA) is 77.8 Å². The molecule has 2 aliphatic rings. The zero-order valence-corrected chi connectivity index (χ0v) is 19.7. The summed E-state index contributed by atoms with van der Waals surface area (Å²) in [5, 5.41) is 10.9. The number of para-hydroxylation sites is 1. The van der Waals surface area contributed by atoms with Gasteiger partial charge < -0.3 is 19.5 Å². The number of nitrogens with zero attached hydrogens (tertiary/aromatic N) is 4. The van der Waals surface area contributed by atoms with Gasteiger partial charge >= 0.3 is 0 Å². The lowest BCUT2D eigenvalue weighted by Crippen LogP contribution is -2.50. The predicted octanol–water partition coefficient (Wildman–Crippen LogP) is 2.47. The molecule has 1 N–H and O–H groups in total. The van der Waals surface area contributed by atoms with E-state index < -0.39 is 6.10 Å². The fourth-order valence-electron chi connectivity index (χ4n) is 3.98. The number of benzene rings is 1. The van der Waals surface area contributed by atoms with E-state index in [9.17, 15) is 9.90 Å². The minimum Gasteiger partial charge on any atom is -0.505 e. The van der Waals surface area contributed by atoms with Crippen molar-refractivity contribution in [3.63, 3.8) is 0 Å². The maximum atomic E-state index is 13.4. The highest BCUT2D eigenvalue weighted by atomic mass is 16.5. The first-order valence-corrected chi connectivity index (χ1v) is 11.1. The zero-order chi connectivity index (χ0) is 23.8. The van der Waals surface area contributed by atoms with E-state index in [1.165, 1.54) is 0 Å². The Morgan fingerprint density at radius 2 is 2.09 bits per heavy atom. The third-order valence-corrected chi connectivity index (χ3v) is 5.34. The summed E-state index contributed by atoms with van der Waals surface area (Å²) in [5.74, 6) is 0.241. The Hall–Kier alpha value is -2.94. The predicted molar refractivity (Wildman–Crippen MR) is 129 cm³/mol. The molecule has 1 amide bonds. The van der Waals surface area contributed by atoms with Gasteiger partial charge in [0.25, 0.3) is 5.91 Å². The van der Waals surface area contributed by atoms with E-state index in [0.29, 0.717) is 44.0 Å². The van der Waals surface area contributed by atoms with Crippen LogP contribution in [0.1, 0.15) is 6.42 Å². The van der Waals surface area contributed by atoms with Gasteiger partial charge in [0.1, 0.15) is 17.6 Å². The van der Waals surface area contributed by atoms with Crippen LogP contribution in [0.15, 0.2) is 71.1 Å². The monoisotopic (exact) mass is 454 g/mol. The van der Waals surface area contributed by atoms with Crippen molar-refractivity contribution < 1.29 is 19.4 Å². The van der Waals surface area contributed by atoms with Gasteiger partial charge in [-0.3, -0.25) is 14.6 Å². The molecule has 178 valence electrons. The number of aliphatic hydroxyl groups excluding tert-OH is 1. The fourth-order valence-corrected chi connectivity index (χ4v) is 3.98. The van der Waals surface area contributed by atoms with Gasteiger partial charge in [0.05, 0.1) is 12.7 Å². The van der Waals surface area contributed by atoms with Crippen LogP contribution in [-0.2, 0) is 9.53 Å². The highest BCUT2D eigenvalue weighted by Gasteiger charge is 2.31. The van der Waals surface area contributed by atoms with E-state index in [-0.39, 0.29) is 23.5 Å². The van der Waals surface area contributed by atoms with Gasteiger partial charge in [0.2, 0.25) is 0 Å². The van der Waals surface area contributed by atoms with Gasteiger partial charge in [-0.2, -0.15) is 0 Å². The van der Waals surface area contributed by atoms with Crippen LogP contribution in [-0.4, -0.2) is 98.2 Å². The van der Waals surface area contributed by atoms with Gasteiger partial charge in [-0.05, 0) is 33.3 Å². The number of morpholine rings is 1. The molecule has 3 rings (SSSR count). The Morgan fingerprint density at radius 1 is 1.33 bits per heavy atom. The van der Waals surface area contributed by atoms with E-state index in [2.05, 4.69) is 21.4 Å². The second kappa shape index (κ2) is 11.8. The van der Waals surface area contributed by atoms with Crippen molar-refractivity contribution in [2.24, 2.45) is 4.99 Å². The zero-order valence-electron chi connectivity index (χ0n) is 19.7. The smallest absolute Gasteiger partial charge is 0.276 e. The largest absolute Gasteiger partial charge is 0.505 e. The van der Waals surface area contributed by atoms with Gasteiger partial charge in [0, 0.05) is 44.5 Å². The van der Waals surface area contributed by atoms with Crippen LogP contribution in [0.4, 0.5) is 0 Å². The van der Waals surface area contributed by atoms with Crippen LogP contribution in [0.2, 0.25) is 0 Å².